The summed E-state index contributed by atoms with van der Waals surface area (Å²) in [7, 11) is 0. The fraction of sp³-hybridized carbons (Fsp3) is 1.00. The molecule has 0 spiro atoms. The Labute approximate surface area is 82.3 Å². The van der Waals surface area contributed by atoms with Crippen LogP contribution in [-0.4, -0.2) is 23.9 Å². The molecule has 0 aliphatic carbocycles. The molecule has 0 rings (SSSR count). The summed E-state index contributed by atoms with van der Waals surface area (Å²) in [4.78, 5) is 0. The number of hydrogen-bond donors (Lipinski definition) is 1. The lowest BCUT2D eigenvalue weighted by molar-refractivity contribution is -0.0345. The maximum Gasteiger partial charge on any atom is 0.0828 e. The monoisotopic (exact) mass is 188 g/mol. The van der Waals surface area contributed by atoms with Gasteiger partial charge in [0.15, 0.2) is 0 Å². The van der Waals surface area contributed by atoms with E-state index in [2.05, 4.69) is 13.8 Å². The number of ether oxygens (including phenoxy) is 1. The molecule has 0 amide bonds. The molecule has 0 aromatic heterocycles. The molecule has 1 N–H and O–H groups in total. The van der Waals surface area contributed by atoms with Gasteiger partial charge in [0.1, 0.15) is 0 Å². The number of hydrogen-bond acceptors (Lipinski definition) is 2. The van der Waals surface area contributed by atoms with E-state index in [1.54, 1.807) is 6.92 Å². The molecule has 80 valence electrons. The van der Waals surface area contributed by atoms with Gasteiger partial charge in [-0.05, 0) is 25.7 Å². The largest absolute Gasteiger partial charge is 0.391 e. The summed E-state index contributed by atoms with van der Waals surface area (Å²) in [5.74, 6) is 0.728. The molecule has 0 aromatic carbocycles. The SMILES string of the molecule is CCC(C)CCOC(CC)C(C)O. The Morgan fingerprint density at radius 2 is 1.77 bits per heavy atom. The summed E-state index contributed by atoms with van der Waals surface area (Å²) in [6.45, 7) is 9.03. The highest BCUT2D eigenvalue weighted by Gasteiger charge is 2.12. The third kappa shape index (κ3) is 6.05. The Bertz CT molecular complexity index is 113. The smallest absolute Gasteiger partial charge is 0.0828 e. The fourth-order valence-electron chi connectivity index (χ4n) is 1.22. The van der Waals surface area contributed by atoms with Crippen molar-refractivity contribution in [1.82, 2.24) is 0 Å². The van der Waals surface area contributed by atoms with Crippen LogP contribution in [0.5, 0.6) is 0 Å². The minimum atomic E-state index is -0.345. The normalized spacial score (nSPS) is 18.2. The topological polar surface area (TPSA) is 29.5 Å². The summed E-state index contributed by atoms with van der Waals surface area (Å²) >= 11 is 0. The molecule has 0 heterocycles. The second-order valence-electron chi connectivity index (χ2n) is 3.86. The summed E-state index contributed by atoms with van der Waals surface area (Å²) in [6.07, 6.45) is 2.86. The highest BCUT2D eigenvalue weighted by Crippen LogP contribution is 2.09. The van der Waals surface area contributed by atoms with Gasteiger partial charge in [-0.2, -0.15) is 0 Å². The third-order valence-electron chi connectivity index (χ3n) is 2.58. The molecule has 3 atom stereocenters. The average Bonchev–Trinajstić information content (AvgIpc) is 2.11. The molecule has 3 unspecified atom stereocenters. The molecule has 0 bridgehead atoms. The van der Waals surface area contributed by atoms with E-state index in [-0.39, 0.29) is 12.2 Å². The quantitative estimate of drug-likeness (QED) is 0.665. The van der Waals surface area contributed by atoms with Crippen molar-refractivity contribution in [2.24, 2.45) is 5.92 Å². The first-order valence-electron chi connectivity index (χ1n) is 5.41. The number of rotatable bonds is 7. The van der Waals surface area contributed by atoms with E-state index in [9.17, 15) is 5.11 Å². The molecule has 2 nitrogen and oxygen atoms in total. The molecule has 0 aromatic rings. The lowest BCUT2D eigenvalue weighted by Crippen LogP contribution is -2.26. The lowest BCUT2D eigenvalue weighted by Gasteiger charge is -2.19. The zero-order valence-electron chi connectivity index (χ0n) is 9.42. The van der Waals surface area contributed by atoms with Gasteiger partial charge in [0.25, 0.3) is 0 Å². The second-order valence-corrected chi connectivity index (χ2v) is 3.86. The Morgan fingerprint density at radius 1 is 1.15 bits per heavy atom. The van der Waals surface area contributed by atoms with Crippen LogP contribution < -0.4 is 0 Å². The van der Waals surface area contributed by atoms with Crippen molar-refractivity contribution in [3.8, 4) is 0 Å². The molecular weight excluding hydrogens is 164 g/mol. The zero-order valence-corrected chi connectivity index (χ0v) is 9.42. The molecule has 0 saturated heterocycles. The van der Waals surface area contributed by atoms with Crippen molar-refractivity contribution in [2.75, 3.05) is 6.61 Å². The Morgan fingerprint density at radius 3 is 2.15 bits per heavy atom. The van der Waals surface area contributed by atoms with Crippen LogP contribution >= 0.6 is 0 Å². The van der Waals surface area contributed by atoms with Gasteiger partial charge in [-0.25, -0.2) is 0 Å². The first kappa shape index (κ1) is 12.9. The third-order valence-corrected chi connectivity index (χ3v) is 2.58. The van der Waals surface area contributed by atoms with Gasteiger partial charge in [0.2, 0.25) is 0 Å². The van der Waals surface area contributed by atoms with Gasteiger partial charge in [-0.3, -0.25) is 0 Å². The van der Waals surface area contributed by atoms with Gasteiger partial charge in [-0.15, -0.1) is 0 Å². The van der Waals surface area contributed by atoms with Gasteiger partial charge in [0.05, 0.1) is 12.2 Å². The van der Waals surface area contributed by atoms with Gasteiger partial charge in [0, 0.05) is 6.61 Å². The van der Waals surface area contributed by atoms with Crippen molar-refractivity contribution >= 4 is 0 Å². The number of aliphatic hydroxyl groups is 1. The summed E-state index contributed by atoms with van der Waals surface area (Å²) in [5.41, 5.74) is 0. The van der Waals surface area contributed by atoms with E-state index < -0.39 is 0 Å². The molecule has 0 fully saturated rings. The van der Waals surface area contributed by atoms with Crippen LogP contribution in [0.3, 0.4) is 0 Å². The maximum atomic E-state index is 9.31. The minimum absolute atomic E-state index is 0.0176. The second kappa shape index (κ2) is 7.34. The van der Waals surface area contributed by atoms with Crippen molar-refractivity contribution in [3.63, 3.8) is 0 Å². The highest BCUT2D eigenvalue weighted by atomic mass is 16.5. The van der Waals surface area contributed by atoms with Crippen LogP contribution in [0.4, 0.5) is 0 Å². The molecule has 0 aliphatic heterocycles. The molecule has 0 saturated carbocycles. The van der Waals surface area contributed by atoms with Crippen LogP contribution in [-0.2, 0) is 4.74 Å². The van der Waals surface area contributed by atoms with E-state index in [4.69, 9.17) is 4.74 Å². The zero-order chi connectivity index (χ0) is 10.3. The molecule has 0 radical (unpaired) electrons. The predicted octanol–water partition coefficient (Wildman–Crippen LogP) is 2.60. The van der Waals surface area contributed by atoms with E-state index >= 15 is 0 Å². The Balaban J connectivity index is 3.49. The Kier molecular flexibility index (Phi) is 7.29. The number of aliphatic hydroxyl groups excluding tert-OH is 1. The van der Waals surface area contributed by atoms with E-state index in [1.807, 2.05) is 6.92 Å². The first-order chi connectivity index (χ1) is 6.11. The van der Waals surface area contributed by atoms with Crippen LogP contribution in [0.25, 0.3) is 0 Å². The molecular formula is C11H24O2. The van der Waals surface area contributed by atoms with Crippen LogP contribution in [0.2, 0.25) is 0 Å². The van der Waals surface area contributed by atoms with Crippen LogP contribution in [0, 0.1) is 5.92 Å². The van der Waals surface area contributed by atoms with Crippen LogP contribution in [0.1, 0.15) is 47.0 Å². The van der Waals surface area contributed by atoms with Crippen molar-refractivity contribution in [3.05, 3.63) is 0 Å². The lowest BCUT2D eigenvalue weighted by atomic mass is 10.1. The fourth-order valence-corrected chi connectivity index (χ4v) is 1.22. The van der Waals surface area contributed by atoms with Crippen molar-refractivity contribution < 1.29 is 9.84 Å². The highest BCUT2D eigenvalue weighted by molar-refractivity contribution is 4.62. The average molecular weight is 188 g/mol. The van der Waals surface area contributed by atoms with Gasteiger partial charge in [-0.1, -0.05) is 27.2 Å². The van der Waals surface area contributed by atoms with Crippen molar-refractivity contribution in [2.45, 2.75) is 59.2 Å². The summed E-state index contributed by atoms with van der Waals surface area (Å²) in [5, 5.41) is 9.31. The van der Waals surface area contributed by atoms with E-state index in [1.165, 1.54) is 6.42 Å². The molecule has 0 aliphatic rings. The molecule has 2 heteroatoms. The first-order valence-corrected chi connectivity index (χ1v) is 5.41. The Hall–Kier alpha value is -0.0800. The van der Waals surface area contributed by atoms with E-state index in [0.717, 1.165) is 25.4 Å². The minimum Gasteiger partial charge on any atom is -0.391 e. The molecule has 13 heavy (non-hydrogen) atoms. The van der Waals surface area contributed by atoms with Crippen LogP contribution in [0.15, 0.2) is 0 Å². The predicted molar refractivity (Wildman–Crippen MR) is 55.8 cm³/mol. The van der Waals surface area contributed by atoms with Gasteiger partial charge < -0.3 is 9.84 Å². The van der Waals surface area contributed by atoms with Gasteiger partial charge >= 0.3 is 0 Å². The van der Waals surface area contributed by atoms with E-state index in [0.29, 0.717) is 0 Å². The van der Waals surface area contributed by atoms with Crippen molar-refractivity contribution in [1.29, 1.82) is 0 Å². The maximum absolute atomic E-state index is 9.31. The summed E-state index contributed by atoms with van der Waals surface area (Å²) < 4.78 is 5.58. The summed E-state index contributed by atoms with van der Waals surface area (Å²) in [6, 6.07) is 0. The standard InChI is InChI=1S/C11H24O2/c1-5-9(3)7-8-13-11(6-2)10(4)12/h9-12H,5-8H2,1-4H3.